The topological polar surface area (TPSA) is 39.7 Å². The summed E-state index contributed by atoms with van der Waals surface area (Å²) in [7, 11) is 0. The van der Waals surface area contributed by atoms with Crippen LogP contribution < -0.4 is 11.1 Å². The molecule has 1 aliphatic rings. The van der Waals surface area contributed by atoms with Crippen molar-refractivity contribution >= 4 is 0 Å². The summed E-state index contributed by atoms with van der Waals surface area (Å²) in [4.78, 5) is 0. The molecule has 0 saturated carbocycles. The van der Waals surface area contributed by atoms with E-state index in [0.717, 1.165) is 6.54 Å². The van der Waals surface area contributed by atoms with E-state index >= 15 is 0 Å². The van der Waals surface area contributed by atoms with Crippen LogP contribution in [0.15, 0.2) is 0 Å². The van der Waals surface area contributed by atoms with Crippen molar-refractivity contribution in [3.05, 3.63) is 0 Å². The molecule has 0 radical (unpaired) electrons. The van der Waals surface area contributed by atoms with E-state index in [2.05, 4.69) is 18.0 Å². The Bertz CT molecular complexity index is 84.9. The molecule has 4 N–H and O–H groups in total. The zero-order valence-electron chi connectivity index (χ0n) is 6.24. The van der Waals surface area contributed by atoms with Crippen LogP contribution in [0.5, 0.6) is 0 Å². The highest BCUT2D eigenvalue weighted by molar-refractivity contribution is 4.78. The minimum absolute atomic E-state index is 0.547. The van der Waals surface area contributed by atoms with Crippen molar-refractivity contribution in [2.75, 3.05) is 19.6 Å². The van der Waals surface area contributed by atoms with Gasteiger partial charge in [-0.25, -0.2) is 0 Å². The first-order valence-electron chi connectivity index (χ1n) is 3.77. The van der Waals surface area contributed by atoms with Gasteiger partial charge in [-0.3, -0.25) is 0 Å². The molecule has 1 aliphatic heterocycles. The normalized spacial score (nSPS) is 26.0. The van der Waals surface area contributed by atoms with Crippen LogP contribution in [0.1, 0.15) is 19.8 Å². The Morgan fingerprint density at radius 1 is 1.44 bits per heavy atom. The maximum atomic E-state index is 3.95. The predicted molar refractivity (Wildman–Crippen MR) is 38.0 cm³/mol. The van der Waals surface area contributed by atoms with Crippen LogP contribution in [-0.2, 0) is 0 Å². The van der Waals surface area contributed by atoms with Crippen molar-refractivity contribution in [1.29, 1.82) is 0 Å². The lowest BCUT2D eigenvalue weighted by Gasteiger charge is -2.30. The van der Waals surface area contributed by atoms with Gasteiger partial charge in [-0.15, -0.1) is 0 Å². The fourth-order valence-electron chi connectivity index (χ4n) is 1.28. The minimum atomic E-state index is 0.547. The van der Waals surface area contributed by atoms with Crippen LogP contribution in [-0.4, -0.2) is 19.6 Å². The standard InChI is InChI=1S/C7H16N2/c1-7(6-8)2-4-9-5-3-7/h9H,2-6,8H2,1H3/p+1. The Balaban J connectivity index is 2.37. The SMILES string of the molecule is CC1(C[NH3+])CCNCC1. The Morgan fingerprint density at radius 2 is 2.00 bits per heavy atom. The third-order valence-electron chi connectivity index (χ3n) is 2.41. The van der Waals surface area contributed by atoms with Crippen molar-refractivity contribution in [2.24, 2.45) is 5.41 Å². The molecule has 2 nitrogen and oxygen atoms in total. The van der Waals surface area contributed by atoms with Crippen molar-refractivity contribution < 1.29 is 5.73 Å². The zero-order chi connectivity index (χ0) is 6.74. The molecule has 0 aromatic carbocycles. The van der Waals surface area contributed by atoms with Gasteiger partial charge in [-0.05, 0) is 25.9 Å². The average molecular weight is 129 g/mol. The van der Waals surface area contributed by atoms with Gasteiger partial charge in [-0.1, -0.05) is 6.92 Å². The molecular weight excluding hydrogens is 112 g/mol. The monoisotopic (exact) mass is 129 g/mol. The van der Waals surface area contributed by atoms with Gasteiger partial charge in [0.1, 0.15) is 0 Å². The molecule has 0 aliphatic carbocycles. The van der Waals surface area contributed by atoms with Crippen molar-refractivity contribution in [3.63, 3.8) is 0 Å². The van der Waals surface area contributed by atoms with E-state index in [4.69, 9.17) is 0 Å². The first kappa shape index (κ1) is 7.03. The fourth-order valence-corrected chi connectivity index (χ4v) is 1.28. The Morgan fingerprint density at radius 3 is 2.33 bits per heavy atom. The van der Waals surface area contributed by atoms with E-state index in [1.165, 1.54) is 25.9 Å². The Hall–Kier alpha value is -0.0800. The number of hydrogen-bond acceptors (Lipinski definition) is 1. The molecule has 0 aromatic rings. The number of rotatable bonds is 1. The Kier molecular flexibility index (Phi) is 2.09. The molecule has 0 spiro atoms. The molecule has 1 saturated heterocycles. The first-order chi connectivity index (χ1) is 4.27. The summed E-state index contributed by atoms with van der Waals surface area (Å²) in [5.41, 5.74) is 4.50. The number of piperidine rings is 1. The van der Waals surface area contributed by atoms with Crippen molar-refractivity contribution in [3.8, 4) is 0 Å². The van der Waals surface area contributed by atoms with Crippen molar-refractivity contribution in [1.82, 2.24) is 5.32 Å². The van der Waals surface area contributed by atoms with E-state index in [9.17, 15) is 0 Å². The minimum Gasteiger partial charge on any atom is -0.357 e. The quantitative estimate of drug-likeness (QED) is 0.497. The molecule has 1 heterocycles. The van der Waals surface area contributed by atoms with Gasteiger partial charge in [0.25, 0.3) is 0 Å². The molecule has 0 unspecified atom stereocenters. The van der Waals surface area contributed by atoms with Gasteiger partial charge < -0.3 is 11.1 Å². The predicted octanol–water partition coefficient (Wildman–Crippen LogP) is -0.382. The maximum absolute atomic E-state index is 3.95. The Labute approximate surface area is 56.8 Å². The van der Waals surface area contributed by atoms with Gasteiger partial charge in [0, 0.05) is 5.41 Å². The summed E-state index contributed by atoms with van der Waals surface area (Å²) >= 11 is 0. The molecular formula is C7H17N2+. The molecule has 1 rings (SSSR count). The summed E-state index contributed by atoms with van der Waals surface area (Å²) in [6.07, 6.45) is 2.60. The van der Waals surface area contributed by atoms with E-state index in [0.29, 0.717) is 5.41 Å². The number of quaternary nitrogens is 1. The average Bonchev–Trinajstić information content (AvgIpc) is 1.90. The summed E-state index contributed by atoms with van der Waals surface area (Å²) in [5.74, 6) is 0. The van der Waals surface area contributed by atoms with E-state index < -0.39 is 0 Å². The summed E-state index contributed by atoms with van der Waals surface area (Å²) in [6, 6.07) is 0. The van der Waals surface area contributed by atoms with E-state index in [-0.39, 0.29) is 0 Å². The van der Waals surface area contributed by atoms with Gasteiger partial charge in [0.15, 0.2) is 0 Å². The molecule has 0 aromatic heterocycles. The van der Waals surface area contributed by atoms with Crippen LogP contribution in [0.2, 0.25) is 0 Å². The molecule has 0 bridgehead atoms. The maximum Gasteiger partial charge on any atom is 0.0795 e. The molecule has 54 valence electrons. The second kappa shape index (κ2) is 2.67. The third-order valence-corrected chi connectivity index (χ3v) is 2.41. The highest BCUT2D eigenvalue weighted by atomic mass is 14.9. The van der Waals surface area contributed by atoms with Crippen LogP contribution in [0.4, 0.5) is 0 Å². The fraction of sp³-hybridized carbons (Fsp3) is 1.00. The highest BCUT2D eigenvalue weighted by Crippen LogP contribution is 2.24. The molecule has 9 heavy (non-hydrogen) atoms. The molecule has 2 heteroatoms. The van der Waals surface area contributed by atoms with Gasteiger partial charge >= 0.3 is 0 Å². The van der Waals surface area contributed by atoms with Crippen molar-refractivity contribution in [2.45, 2.75) is 19.8 Å². The summed E-state index contributed by atoms with van der Waals surface area (Å²) in [5, 5.41) is 3.35. The molecule has 1 fully saturated rings. The van der Waals surface area contributed by atoms with Gasteiger partial charge in [0.2, 0.25) is 0 Å². The lowest BCUT2D eigenvalue weighted by atomic mass is 9.81. The highest BCUT2D eigenvalue weighted by Gasteiger charge is 2.26. The molecule has 0 amide bonds. The third kappa shape index (κ3) is 1.66. The van der Waals surface area contributed by atoms with Crippen LogP contribution in [0.3, 0.4) is 0 Å². The second-order valence-electron chi connectivity index (χ2n) is 3.31. The number of hydrogen-bond donors (Lipinski definition) is 2. The van der Waals surface area contributed by atoms with Gasteiger partial charge in [0.05, 0.1) is 6.54 Å². The molecule has 0 atom stereocenters. The van der Waals surface area contributed by atoms with Crippen LogP contribution in [0, 0.1) is 5.41 Å². The van der Waals surface area contributed by atoms with Gasteiger partial charge in [-0.2, -0.15) is 0 Å². The largest absolute Gasteiger partial charge is 0.357 e. The lowest BCUT2D eigenvalue weighted by Crippen LogP contribution is -2.59. The second-order valence-corrected chi connectivity index (χ2v) is 3.31. The smallest absolute Gasteiger partial charge is 0.0795 e. The van der Waals surface area contributed by atoms with Crippen LogP contribution >= 0.6 is 0 Å². The number of nitrogens with one attached hydrogen (secondary N) is 1. The van der Waals surface area contributed by atoms with E-state index in [1.54, 1.807) is 0 Å². The lowest BCUT2D eigenvalue weighted by molar-refractivity contribution is -0.392. The summed E-state index contributed by atoms with van der Waals surface area (Å²) in [6.45, 7) is 5.80. The zero-order valence-corrected chi connectivity index (χ0v) is 6.24. The first-order valence-corrected chi connectivity index (χ1v) is 3.77. The van der Waals surface area contributed by atoms with E-state index in [1.807, 2.05) is 0 Å². The van der Waals surface area contributed by atoms with Crippen LogP contribution in [0.25, 0.3) is 0 Å². The summed E-state index contributed by atoms with van der Waals surface area (Å²) < 4.78 is 0.